The summed E-state index contributed by atoms with van der Waals surface area (Å²) < 4.78 is 30.8. The third-order valence-corrected chi connectivity index (χ3v) is 6.11. The van der Waals surface area contributed by atoms with Gasteiger partial charge in [-0.15, -0.1) is 0 Å². The SMILES string of the molecule is Cc1ccc2c(c1)OC(C)(C)CC2NC(=O)c1cccc(N(C)S(C)(=O)=O)c1. The van der Waals surface area contributed by atoms with E-state index in [1.807, 2.05) is 39.0 Å². The Labute approximate surface area is 166 Å². The van der Waals surface area contributed by atoms with Crippen molar-refractivity contribution < 1.29 is 17.9 Å². The molecule has 0 spiro atoms. The highest BCUT2D eigenvalue weighted by Gasteiger charge is 2.34. The van der Waals surface area contributed by atoms with Crippen LogP contribution in [0.4, 0.5) is 5.69 Å². The van der Waals surface area contributed by atoms with Crippen molar-refractivity contribution in [1.82, 2.24) is 5.32 Å². The van der Waals surface area contributed by atoms with Crippen LogP contribution in [-0.4, -0.2) is 33.2 Å². The molecule has 1 heterocycles. The van der Waals surface area contributed by atoms with E-state index < -0.39 is 15.6 Å². The number of rotatable bonds is 4. The van der Waals surface area contributed by atoms with Crippen molar-refractivity contribution in [1.29, 1.82) is 0 Å². The Bertz CT molecular complexity index is 1010. The second-order valence-electron chi connectivity index (χ2n) is 7.91. The zero-order chi connectivity index (χ0) is 20.7. The number of anilines is 1. The third-order valence-electron chi connectivity index (χ3n) is 4.90. The molecule has 7 heteroatoms. The molecule has 3 rings (SSSR count). The van der Waals surface area contributed by atoms with Gasteiger partial charge in [0.2, 0.25) is 10.0 Å². The first-order valence-electron chi connectivity index (χ1n) is 9.11. The van der Waals surface area contributed by atoms with Gasteiger partial charge < -0.3 is 10.1 Å². The number of carbonyl (C=O) groups is 1. The van der Waals surface area contributed by atoms with Gasteiger partial charge in [-0.1, -0.05) is 18.2 Å². The summed E-state index contributed by atoms with van der Waals surface area (Å²) in [5.41, 5.74) is 2.49. The Morgan fingerprint density at radius 1 is 1.21 bits per heavy atom. The number of aryl methyl sites for hydroxylation is 1. The molecule has 0 radical (unpaired) electrons. The standard InChI is InChI=1S/C21H26N2O4S/c1-14-9-10-17-18(13-21(2,3)27-19(17)11-14)22-20(24)15-7-6-8-16(12-15)23(4)28(5,25)26/h6-12,18H,13H2,1-5H3,(H,22,24). The number of hydrogen-bond acceptors (Lipinski definition) is 4. The summed E-state index contributed by atoms with van der Waals surface area (Å²) in [5, 5.41) is 3.08. The number of amides is 1. The number of nitrogens with one attached hydrogen (secondary N) is 1. The number of fused-ring (bicyclic) bond motifs is 1. The lowest BCUT2D eigenvalue weighted by Crippen LogP contribution is -2.41. The molecule has 0 fully saturated rings. The van der Waals surface area contributed by atoms with Gasteiger partial charge in [-0.25, -0.2) is 8.42 Å². The number of carbonyl (C=O) groups excluding carboxylic acids is 1. The number of sulfonamides is 1. The maximum Gasteiger partial charge on any atom is 0.251 e. The predicted molar refractivity (Wildman–Crippen MR) is 110 cm³/mol. The van der Waals surface area contributed by atoms with Gasteiger partial charge in [-0.05, 0) is 50.6 Å². The summed E-state index contributed by atoms with van der Waals surface area (Å²) >= 11 is 0. The van der Waals surface area contributed by atoms with Crippen molar-refractivity contribution in [2.45, 2.75) is 38.8 Å². The zero-order valence-electron chi connectivity index (χ0n) is 16.8. The van der Waals surface area contributed by atoms with Crippen LogP contribution < -0.4 is 14.4 Å². The summed E-state index contributed by atoms with van der Waals surface area (Å²) in [6, 6.07) is 12.4. The van der Waals surface area contributed by atoms with E-state index in [0.29, 0.717) is 17.7 Å². The first-order valence-corrected chi connectivity index (χ1v) is 11.0. The van der Waals surface area contributed by atoms with Crippen molar-refractivity contribution >= 4 is 21.6 Å². The Morgan fingerprint density at radius 2 is 1.93 bits per heavy atom. The topological polar surface area (TPSA) is 75.7 Å². The third kappa shape index (κ3) is 4.30. The molecular weight excluding hydrogens is 376 g/mol. The largest absolute Gasteiger partial charge is 0.487 e. The van der Waals surface area contributed by atoms with Crippen LogP contribution >= 0.6 is 0 Å². The highest BCUT2D eigenvalue weighted by molar-refractivity contribution is 7.92. The fourth-order valence-corrected chi connectivity index (χ4v) is 3.86. The Balaban J connectivity index is 1.88. The summed E-state index contributed by atoms with van der Waals surface area (Å²) in [7, 11) is -1.94. The van der Waals surface area contributed by atoms with Crippen molar-refractivity contribution in [3.8, 4) is 5.75 Å². The Morgan fingerprint density at radius 3 is 2.61 bits per heavy atom. The van der Waals surface area contributed by atoms with Crippen molar-refractivity contribution in [2.24, 2.45) is 0 Å². The molecule has 1 aliphatic rings. The van der Waals surface area contributed by atoms with Crippen LogP contribution in [0.1, 0.15) is 47.8 Å². The van der Waals surface area contributed by atoms with Crippen LogP contribution in [-0.2, 0) is 10.0 Å². The van der Waals surface area contributed by atoms with E-state index in [1.165, 1.54) is 7.05 Å². The summed E-state index contributed by atoms with van der Waals surface area (Å²) in [6.45, 7) is 6.00. The van der Waals surface area contributed by atoms with E-state index in [0.717, 1.165) is 27.4 Å². The first kappa shape index (κ1) is 20.2. The maximum atomic E-state index is 12.9. The number of benzene rings is 2. The van der Waals surface area contributed by atoms with Gasteiger partial charge in [0.1, 0.15) is 11.4 Å². The maximum absolute atomic E-state index is 12.9. The summed E-state index contributed by atoms with van der Waals surface area (Å²) in [4.78, 5) is 12.9. The quantitative estimate of drug-likeness (QED) is 0.850. The molecule has 0 aromatic heterocycles. The molecule has 1 aliphatic heterocycles. The molecule has 150 valence electrons. The fourth-order valence-electron chi connectivity index (χ4n) is 3.36. The van der Waals surface area contributed by atoms with Crippen molar-refractivity contribution in [3.05, 3.63) is 59.2 Å². The van der Waals surface area contributed by atoms with Gasteiger partial charge in [0, 0.05) is 24.6 Å². The highest BCUT2D eigenvalue weighted by atomic mass is 32.2. The molecule has 2 aromatic rings. The van der Waals surface area contributed by atoms with E-state index in [9.17, 15) is 13.2 Å². The van der Waals surface area contributed by atoms with Crippen LogP contribution in [0.2, 0.25) is 0 Å². The average molecular weight is 403 g/mol. The minimum Gasteiger partial charge on any atom is -0.487 e. The zero-order valence-corrected chi connectivity index (χ0v) is 17.6. The molecule has 0 saturated heterocycles. The van der Waals surface area contributed by atoms with E-state index >= 15 is 0 Å². The molecule has 0 saturated carbocycles. The molecule has 1 atom stereocenters. The molecule has 6 nitrogen and oxygen atoms in total. The fraction of sp³-hybridized carbons (Fsp3) is 0.381. The van der Waals surface area contributed by atoms with Gasteiger partial charge in [0.05, 0.1) is 18.0 Å². The predicted octanol–water partition coefficient (Wildman–Crippen LogP) is 3.42. The Kier molecular flexibility index (Phi) is 5.14. The number of ether oxygens (including phenoxy) is 1. The molecule has 0 aliphatic carbocycles. The second-order valence-corrected chi connectivity index (χ2v) is 9.93. The number of nitrogens with zero attached hydrogens (tertiary/aromatic N) is 1. The van der Waals surface area contributed by atoms with Gasteiger partial charge in [-0.2, -0.15) is 0 Å². The average Bonchev–Trinajstić information content (AvgIpc) is 2.59. The van der Waals surface area contributed by atoms with Gasteiger partial charge >= 0.3 is 0 Å². The van der Waals surface area contributed by atoms with Crippen LogP contribution in [0.5, 0.6) is 5.75 Å². The molecule has 0 bridgehead atoms. The van der Waals surface area contributed by atoms with Gasteiger partial charge in [0.15, 0.2) is 0 Å². The van der Waals surface area contributed by atoms with E-state index in [4.69, 9.17) is 4.74 Å². The van der Waals surface area contributed by atoms with E-state index in [1.54, 1.807) is 24.3 Å². The lowest BCUT2D eigenvalue weighted by molar-refractivity contribution is 0.0619. The lowest BCUT2D eigenvalue weighted by atomic mass is 9.89. The monoisotopic (exact) mass is 402 g/mol. The lowest BCUT2D eigenvalue weighted by Gasteiger charge is -2.38. The molecule has 28 heavy (non-hydrogen) atoms. The smallest absolute Gasteiger partial charge is 0.251 e. The number of hydrogen-bond donors (Lipinski definition) is 1. The first-order chi connectivity index (χ1) is 13.0. The minimum absolute atomic E-state index is 0.192. The van der Waals surface area contributed by atoms with Gasteiger partial charge in [-0.3, -0.25) is 9.10 Å². The normalized spacial score (nSPS) is 18.0. The summed E-state index contributed by atoms with van der Waals surface area (Å²) in [5.74, 6) is 0.532. The highest BCUT2D eigenvalue weighted by Crippen LogP contribution is 2.40. The molecule has 1 N–H and O–H groups in total. The summed E-state index contributed by atoms with van der Waals surface area (Å²) in [6.07, 6.45) is 1.76. The Hall–Kier alpha value is -2.54. The van der Waals surface area contributed by atoms with Crippen LogP contribution in [0.3, 0.4) is 0 Å². The molecule has 1 unspecified atom stereocenters. The van der Waals surface area contributed by atoms with Crippen LogP contribution in [0, 0.1) is 6.92 Å². The van der Waals surface area contributed by atoms with Gasteiger partial charge in [0.25, 0.3) is 5.91 Å². The molecular formula is C21H26N2O4S. The second kappa shape index (κ2) is 7.13. The molecule has 2 aromatic carbocycles. The van der Waals surface area contributed by atoms with Crippen LogP contribution in [0.25, 0.3) is 0 Å². The van der Waals surface area contributed by atoms with Crippen molar-refractivity contribution in [2.75, 3.05) is 17.6 Å². The molecule has 1 amide bonds. The minimum atomic E-state index is -3.40. The van der Waals surface area contributed by atoms with Crippen LogP contribution in [0.15, 0.2) is 42.5 Å². The van der Waals surface area contributed by atoms with E-state index in [2.05, 4.69) is 5.32 Å². The van der Waals surface area contributed by atoms with Crippen molar-refractivity contribution in [3.63, 3.8) is 0 Å². The van der Waals surface area contributed by atoms with E-state index in [-0.39, 0.29) is 11.9 Å².